The van der Waals surface area contributed by atoms with Crippen LogP contribution in [-0.4, -0.2) is 13.1 Å². The number of hydrogen-bond acceptors (Lipinski definition) is 3. The van der Waals surface area contributed by atoms with E-state index >= 15 is 0 Å². The van der Waals surface area contributed by atoms with Crippen molar-refractivity contribution in [1.29, 1.82) is 0 Å². The van der Waals surface area contributed by atoms with Crippen LogP contribution in [0.15, 0.2) is 12.1 Å². The molecule has 3 nitrogen and oxygen atoms in total. The maximum atomic E-state index is 13.0. The largest absolute Gasteiger partial charge is 0.453 e. The quantitative estimate of drug-likeness (QED) is 0.594. The molecule has 4 heteroatoms. The summed E-state index contributed by atoms with van der Waals surface area (Å²) in [6.07, 6.45) is 0.561. The third-order valence-corrected chi connectivity index (χ3v) is 1.59. The summed E-state index contributed by atoms with van der Waals surface area (Å²) in [5, 5.41) is 0. The summed E-state index contributed by atoms with van der Waals surface area (Å²) in [5.41, 5.74) is 0.247. The fourth-order valence-corrected chi connectivity index (χ4v) is 1.06. The van der Waals surface area contributed by atoms with Crippen molar-refractivity contribution in [3.8, 4) is 11.5 Å². The number of aldehydes is 1. The summed E-state index contributed by atoms with van der Waals surface area (Å²) in [7, 11) is 0. The van der Waals surface area contributed by atoms with Crippen LogP contribution < -0.4 is 9.47 Å². The summed E-state index contributed by atoms with van der Waals surface area (Å²) in [5.74, 6) is -0.190. The molecule has 1 aromatic rings. The highest BCUT2D eigenvalue weighted by molar-refractivity contribution is 5.76. The number of carbonyl (C=O) groups excluding carboxylic acids is 1. The van der Waals surface area contributed by atoms with Crippen LogP contribution in [0.25, 0.3) is 0 Å². The van der Waals surface area contributed by atoms with Gasteiger partial charge in [0.1, 0.15) is 6.29 Å². The second kappa shape index (κ2) is 2.48. The van der Waals surface area contributed by atoms with Crippen LogP contribution in [0.3, 0.4) is 0 Å². The zero-order chi connectivity index (χ0) is 8.55. The average Bonchev–Trinajstić information content (AvgIpc) is 2.52. The van der Waals surface area contributed by atoms with E-state index in [1.54, 1.807) is 0 Å². The van der Waals surface area contributed by atoms with E-state index in [0.29, 0.717) is 6.29 Å². The molecule has 1 aliphatic rings. The Morgan fingerprint density at radius 3 is 3.00 bits per heavy atom. The fraction of sp³-hybridized carbons (Fsp3) is 0.125. The third kappa shape index (κ3) is 0.922. The van der Waals surface area contributed by atoms with E-state index in [0.717, 1.165) is 6.07 Å². The highest BCUT2D eigenvalue weighted by atomic mass is 19.1. The van der Waals surface area contributed by atoms with Crippen LogP contribution in [0, 0.1) is 5.82 Å². The molecule has 1 heterocycles. The summed E-state index contributed by atoms with van der Waals surface area (Å²) in [4.78, 5) is 10.3. The van der Waals surface area contributed by atoms with Crippen molar-refractivity contribution in [1.82, 2.24) is 0 Å². The van der Waals surface area contributed by atoms with Gasteiger partial charge >= 0.3 is 0 Å². The molecule has 0 spiro atoms. The van der Waals surface area contributed by atoms with Gasteiger partial charge < -0.3 is 9.47 Å². The standard InChI is InChI=1S/C8H5FO3/c9-6-1-5(3-10)2-7-8(6)12-4-11-7/h1-3H,4H2. The predicted octanol–water partition coefficient (Wildman–Crippen LogP) is 1.37. The molecule has 0 saturated carbocycles. The first-order chi connectivity index (χ1) is 5.81. The molecule has 1 aromatic carbocycles. The Kier molecular flexibility index (Phi) is 1.46. The molecular weight excluding hydrogens is 163 g/mol. The Hall–Kier alpha value is -1.58. The lowest BCUT2D eigenvalue weighted by atomic mass is 10.2. The van der Waals surface area contributed by atoms with Crippen molar-refractivity contribution in [2.24, 2.45) is 0 Å². The topological polar surface area (TPSA) is 35.5 Å². The van der Waals surface area contributed by atoms with Gasteiger partial charge in [0.2, 0.25) is 12.5 Å². The first-order valence-corrected chi connectivity index (χ1v) is 3.35. The Morgan fingerprint density at radius 2 is 2.25 bits per heavy atom. The van der Waals surface area contributed by atoms with Crippen molar-refractivity contribution in [2.75, 3.05) is 6.79 Å². The number of fused-ring (bicyclic) bond motifs is 1. The summed E-state index contributed by atoms with van der Waals surface area (Å²) in [6.45, 7) is 0.00850. The van der Waals surface area contributed by atoms with Gasteiger partial charge in [-0.2, -0.15) is 0 Å². The van der Waals surface area contributed by atoms with Crippen molar-refractivity contribution in [3.63, 3.8) is 0 Å². The van der Waals surface area contributed by atoms with Gasteiger partial charge in [-0.1, -0.05) is 0 Å². The van der Waals surface area contributed by atoms with Crippen LogP contribution >= 0.6 is 0 Å². The maximum absolute atomic E-state index is 13.0. The number of ether oxygens (including phenoxy) is 2. The van der Waals surface area contributed by atoms with Crippen LogP contribution in [0.2, 0.25) is 0 Å². The van der Waals surface area contributed by atoms with Crippen LogP contribution in [0.1, 0.15) is 10.4 Å². The highest BCUT2D eigenvalue weighted by Crippen LogP contribution is 2.35. The molecular formula is C8H5FO3. The minimum atomic E-state index is -0.563. The Morgan fingerprint density at radius 1 is 1.42 bits per heavy atom. The van der Waals surface area contributed by atoms with E-state index in [9.17, 15) is 9.18 Å². The molecule has 0 atom stereocenters. The van der Waals surface area contributed by atoms with Crippen molar-refractivity contribution < 1.29 is 18.7 Å². The molecule has 0 aromatic heterocycles. The lowest BCUT2D eigenvalue weighted by Crippen LogP contribution is -1.93. The SMILES string of the molecule is O=Cc1cc(F)c2c(c1)OCO2. The van der Waals surface area contributed by atoms with Crippen LogP contribution in [0.5, 0.6) is 11.5 Å². The van der Waals surface area contributed by atoms with E-state index in [1.165, 1.54) is 6.07 Å². The molecule has 62 valence electrons. The summed E-state index contributed by atoms with van der Waals surface area (Å²) < 4.78 is 22.7. The van der Waals surface area contributed by atoms with E-state index in [1.807, 2.05) is 0 Å². The molecule has 0 bridgehead atoms. The third-order valence-electron chi connectivity index (χ3n) is 1.59. The van der Waals surface area contributed by atoms with E-state index in [4.69, 9.17) is 9.47 Å². The van der Waals surface area contributed by atoms with Gasteiger partial charge in [0.15, 0.2) is 11.6 Å². The zero-order valence-electron chi connectivity index (χ0n) is 6.04. The van der Waals surface area contributed by atoms with E-state index in [2.05, 4.69) is 0 Å². The molecule has 0 radical (unpaired) electrons. The summed E-state index contributed by atoms with van der Waals surface area (Å²) in [6, 6.07) is 2.55. The lowest BCUT2D eigenvalue weighted by molar-refractivity contribution is 0.112. The molecule has 0 unspecified atom stereocenters. The Balaban J connectivity index is 2.58. The van der Waals surface area contributed by atoms with Gasteiger partial charge in [-0.3, -0.25) is 4.79 Å². The lowest BCUT2D eigenvalue weighted by Gasteiger charge is -1.97. The molecule has 1 aliphatic heterocycles. The average molecular weight is 168 g/mol. The second-order valence-electron chi connectivity index (χ2n) is 2.35. The van der Waals surface area contributed by atoms with Crippen LogP contribution in [-0.2, 0) is 0 Å². The van der Waals surface area contributed by atoms with Gasteiger partial charge in [0.25, 0.3) is 0 Å². The van der Waals surface area contributed by atoms with Gasteiger partial charge in [0.05, 0.1) is 0 Å². The van der Waals surface area contributed by atoms with E-state index < -0.39 is 5.82 Å². The second-order valence-corrected chi connectivity index (χ2v) is 2.35. The first kappa shape index (κ1) is 7.09. The zero-order valence-corrected chi connectivity index (χ0v) is 6.04. The molecule has 0 amide bonds. The first-order valence-electron chi connectivity index (χ1n) is 3.35. The highest BCUT2D eigenvalue weighted by Gasteiger charge is 2.18. The molecule has 0 N–H and O–H groups in total. The number of hydrogen-bond donors (Lipinski definition) is 0. The van der Waals surface area contributed by atoms with Crippen molar-refractivity contribution in [3.05, 3.63) is 23.5 Å². The monoisotopic (exact) mass is 168 g/mol. The number of halogens is 1. The number of carbonyl (C=O) groups is 1. The van der Waals surface area contributed by atoms with Crippen LogP contribution in [0.4, 0.5) is 4.39 Å². The Bertz CT molecular complexity index is 335. The fourth-order valence-electron chi connectivity index (χ4n) is 1.06. The smallest absolute Gasteiger partial charge is 0.231 e. The molecule has 12 heavy (non-hydrogen) atoms. The predicted molar refractivity (Wildman–Crippen MR) is 37.9 cm³/mol. The molecule has 2 rings (SSSR count). The molecule has 0 saturated heterocycles. The number of rotatable bonds is 1. The normalized spacial score (nSPS) is 13.1. The summed E-state index contributed by atoms with van der Waals surface area (Å²) >= 11 is 0. The molecule has 0 aliphatic carbocycles. The van der Waals surface area contributed by atoms with Gasteiger partial charge in [-0.25, -0.2) is 4.39 Å². The Labute approximate surface area is 67.7 Å². The van der Waals surface area contributed by atoms with Gasteiger partial charge in [0, 0.05) is 5.56 Å². The minimum absolute atomic E-state index is 0.00850. The van der Waals surface area contributed by atoms with Gasteiger partial charge in [-0.05, 0) is 12.1 Å². The number of benzene rings is 1. The maximum Gasteiger partial charge on any atom is 0.231 e. The van der Waals surface area contributed by atoms with Crippen molar-refractivity contribution in [2.45, 2.75) is 0 Å². The minimum Gasteiger partial charge on any atom is -0.453 e. The molecule has 0 fully saturated rings. The van der Waals surface area contributed by atoms with Gasteiger partial charge in [-0.15, -0.1) is 0 Å². The van der Waals surface area contributed by atoms with Crippen molar-refractivity contribution >= 4 is 6.29 Å². The van der Waals surface area contributed by atoms with E-state index in [-0.39, 0.29) is 23.9 Å².